The van der Waals surface area contributed by atoms with Gasteiger partial charge in [0.25, 0.3) is 11.5 Å². The Morgan fingerprint density at radius 2 is 1.97 bits per heavy atom. The number of carbonyl (C=O) groups excluding carboxylic acids is 1. The van der Waals surface area contributed by atoms with Gasteiger partial charge >= 0.3 is 0 Å². The summed E-state index contributed by atoms with van der Waals surface area (Å²) in [7, 11) is -3.48. The number of benzene rings is 1. The van der Waals surface area contributed by atoms with Crippen LogP contribution in [-0.2, 0) is 16.4 Å². The lowest BCUT2D eigenvalue weighted by molar-refractivity contribution is 0.0952. The van der Waals surface area contributed by atoms with Crippen LogP contribution >= 0.6 is 0 Å². The number of aromatic nitrogens is 2. The van der Waals surface area contributed by atoms with Crippen LogP contribution in [0.2, 0.25) is 0 Å². The molecule has 2 N–H and O–H groups in total. The first kappa shape index (κ1) is 19.4. The van der Waals surface area contributed by atoms with Gasteiger partial charge in [-0.15, -0.1) is 0 Å². The van der Waals surface area contributed by atoms with Crippen LogP contribution in [0.3, 0.4) is 0 Å². The molecular formula is C21H23N3O4S. The van der Waals surface area contributed by atoms with Crippen molar-refractivity contribution in [1.29, 1.82) is 0 Å². The van der Waals surface area contributed by atoms with Crippen LogP contribution in [0.15, 0.2) is 40.2 Å². The normalized spacial score (nSPS) is 14.3. The van der Waals surface area contributed by atoms with Crippen LogP contribution in [0.4, 0.5) is 0 Å². The molecule has 2 heterocycles. The molecule has 0 bridgehead atoms. The summed E-state index contributed by atoms with van der Waals surface area (Å²) in [6, 6.07) is 7.09. The Bertz CT molecular complexity index is 1300. The van der Waals surface area contributed by atoms with Gasteiger partial charge in [0.1, 0.15) is 0 Å². The summed E-state index contributed by atoms with van der Waals surface area (Å²) in [5.74, 6) is -0.409. The Morgan fingerprint density at radius 3 is 2.59 bits per heavy atom. The van der Waals surface area contributed by atoms with Gasteiger partial charge in [-0.25, -0.2) is 8.42 Å². The van der Waals surface area contributed by atoms with Gasteiger partial charge in [0.2, 0.25) is 0 Å². The lowest BCUT2D eigenvalue weighted by Crippen LogP contribution is -2.28. The molecule has 29 heavy (non-hydrogen) atoms. The number of carbonyl (C=O) groups is 1. The largest absolute Gasteiger partial charge is 0.348 e. The molecule has 0 saturated heterocycles. The zero-order valence-corrected chi connectivity index (χ0v) is 17.4. The molecule has 7 nitrogen and oxygen atoms in total. The highest BCUT2D eigenvalue weighted by Gasteiger charge is 2.26. The highest BCUT2D eigenvalue weighted by atomic mass is 32.2. The number of amides is 1. The van der Waals surface area contributed by atoms with Crippen LogP contribution in [0.5, 0.6) is 0 Å². The molecule has 2 aromatic heterocycles. The fraction of sp³-hybridized carbons (Fsp3) is 0.333. The van der Waals surface area contributed by atoms with Gasteiger partial charge in [-0.05, 0) is 56.5 Å². The number of H-pyrrole nitrogens is 1. The Morgan fingerprint density at radius 1 is 1.24 bits per heavy atom. The quantitative estimate of drug-likeness (QED) is 0.671. The summed E-state index contributed by atoms with van der Waals surface area (Å²) >= 11 is 0. The van der Waals surface area contributed by atoms with Crippen LogP contribution in [0, 0.1) is 13.8 Å². The number of hydrogen-bond donors (Lipinski definition) is 2. The van der Waals surface area contributed by atoms with Crippen molar-refractivity contribution < 1.29 is 13.2 Å². The molecule has 1 amide bonds. The molecule has 8 heteroatoms. The molecule has 0 unspecified atom stereocenters. The second-order valence-electron chi connectivity index (χ2n) is 7.76. The van der Waals surface area contributed by atoms with E-state index >= 15 is 0 Å². The molecule has 152 valence electrons. The van der Waals surface area contributed by atoms with E-state index in [-0.39, 0.29) is 17.0 Å². The predicted octanol–water partition coefficient (Wildman–Crippen LogP) is 2.61. The standard InChI is InChI=1S/C21H23N3O4S/c1-12-8-13(2)23-21(26)18(12)11-22-20(25)17-9-15(29(3,27)28)10-19-16(17)6-7-24(19)14-4-5-14/h6-10,14H,4-5,11H2,1-3H3,(H,22,25)(H,23,26). The van der Waals surface area contributed by atoms with Gasteiger partial charge in [0.05, 0.1) is 10.4 Å². The first-order valence-electron chi connectivity index (χ1n) is 9.47. The van der Waals surface area contributed by atoms with Crippen molar-refractivity contribution in [2.45, 2.75) is 44.2 Å². The first-order valence-corrected chi connectivity index (χ1v) is 11.4. The van der Waals surface area contributed by atoms with Crippen molar-refractivity contribution in [3.05, 3.63) is 63.2 Å². The maximum Gasteiger partial charge on any atom is 0.253 e. The van der Waals surface area contributed by atoms with Crippen LogP contribution in [-0.4, -0.2) is 30.1 Å². The third-order valence-electron chi connectivity index (χ3n) is 5.34. The number of aryl methyl sites for hydroxylation is 2. The van der Waals surface area contributed by atoms with Gasteiger partial charge in [-0.1, -0.05) is 0 Å². The fourth-order valence-corrected chi connectivity index (χ4v) is 4.33. The summed E-state index contributed by atoms with van der Waals surface area (Å²) in [5.41, 5.74) is 2.83. The van der Waals surface area contributed by atoms with E-state index < -0.39 is 15.7 Å². The molecule has 1 saturated carbocycles. The average molecular weight is 413 g/mol. The minimum atomic E-state index is -3.48. The molecule has 3 aromatic rings. The van der Waals surface area contributed by atoms with Crippen molar-refractivity contribution in [3.8, 4) is 0 Å². The summed E-state index contributed by atoms with van der Waals surface area (Å²) in [6.45, 7) is 3.69. The molecule has 4 rings (SSSR count). The van der Waals surface area contributed by atoms with E-state index in [2.05, 4.69) is 10.3 Å². The lowest BCUT2D eigenvalue weighted by Gasteiger charge is -2.11. The third kappa shape index (κ3) is 3.72. The Hall–Kier alpha value is -2.87. The Kier molecular flexibility index (Phi) is 4.61. The summed E-state index contributed by atoms with van der Waals surface area (Å²) in [4.78, 5) is 28.0. The monoisotopic (exact) mass is 413 g/mol. The van der Waals surface area contributed by atoms with Crippen molar-refractivity contribution in [1.82, 2.24) is 14.9 Å². The van der Waals surface area contributed by atoms with E-state index in [0.717, 1.165) is 35.9 Å². The maximum atomic E-state index is 13.0. The van der Waals surface area contributed by atoms with Gasteiger partial charge in [-0.3, -0.25) is 9.59 Å². The summed E-state index contributed by atoms with van der Waals surface area (Å²) < 4.78 is 26.4. The number of sulfone groups is 1. The van der Waals surface area contributed by atoms with E-state index in [1.807, 2.05) is 29.8 Å². The SMILES string of the molecule is Cc1cc(C)c(CNC(=O)c2cc(S(C)(=O)=O)cc3c2ccn3C2CC2)c(=O)[nH]1. The van der Waals surface area contributed by atoms with Crippen LogP contribution < -0.4 is 10.9 Å². The van der Waals surface area contributed by atoms with Crippen molar-refractivity contribution in [3.63, 3.8) is 0 Å². The average Bonchev–Trinajstić information content (AvgIpc) is 3.37. The number of aromatic amines is 1. The van der Waals surface area contributed by atoms with E-state index in [1.165, 1.54) is 6.07 Å². The zero-order chi connectivity index (χ0) is 20.9. The molecule has 0 spiro atoms. The van der Waals surface area contributed by atoms with Gasteiger partial charge < -0.3 is 14.9 Å². The lowest BCUT2D eigenvalue weighted by atomic mass is 10.1. The van der Waals surface area contributed by atoms with Gasteiger partial charge in [-0.2, -0.15) is 0 Å². The second kappa shape index (κ2) is 6.88. The van der Waals surface area contributed by atoms with Crippen molar-refractivity contribution in [2.24, 2.45) is 0 Å². The molecule has 1 fully saturated rings. The number of nitrogens with zero attached hydrogens (tertiary/aromatic N) is 1. The molecule has 0 radical (unpaired) electrons. The number of hydrogen-bond acceptors (Lipinski definition) is 4. The topological polar surface area (TPSA) is 101 Å². The number of nitrogens with one attached hydrogen (secondary N) is 2. The minimum Gasteiger partial charge on any atom is -0.348 e. The zero-order valence-electron chi connectivity index (χ0n) is 16.6. The highest BCUT2D eigenvalue weighted by Crippen LogP contribution is 2.39. The fourth-order valence-electron chi connectivity index (χ4n) is 3.67. The summed E-state index contributed by atoms with van der Waals surface area (Å²) in [5, 5.41) is 3.48. The molecule has 1 aliphatic carbocycles. The molecular weight excluding hydrogens is 390 g/mol. The third-order valence-corrected chi connectivity index (χ3v) is 6.44. The Balaban J connectivity index is 1.73. The smallest absolute Gasteiger partial charge is 0.253 e. The van der Waals surface area contributed by atoms with Gasteiger partial charge in [0.15, 0.2) is 9.84 Å². The van der Waals surface area contributed by atoms with E-state index in [9.17, 15) is 18.0 Å². The number of pyridine rings is 1. The van der Waals surface area contributed by atoms with Crippen molar-refractivity contribution >= 4 is 26.6 Å². The highest BCUT2D eigenvalue weighted by molar-refractivity contribution is 7.90. The predicted molar refractivity (Wildman–Crippen MR) is 111 cm³/mol. The molecule has 0 aliphatic heterocycles. The molecule has 1 aliphatic rings. The van der Waals surface area contributed by atoms with Gasteiger partial charge in [0, 0.05) is 47.2 Å². The van der Waals surface area contributed by atoms with Crippen molar-refractivity contribution in [2.75, 3.05) is 6.26 Å². The van der Waals surface area contributed by atoms with E-state index in [0.29, 0.717) is 22.6 Å². The first-order chi connectivity index (χ1) is 13.6. The maximum absolute atomic E-state index is 13.0. The molecule has 1 aromatic carbocycles. The van der Waals surface area contributed by atoms with Crippen LogP contribution in [0.25, 0.3) is 10.9 Å². The minimum absolute atomic E-state index is 0.0637. The van der Waals surface area contributed by atoms with Crippen LogP contribution in [0.1, 0.15) is 46.1 Å². The van der Waals surface area contributed by atoms with E-state index in [1.54, 1.807) is 13.0 Å². The summed E-state index contributed by atoms with van der Waals surface area (Å²) in [6.07, 6.45) is 5.13. The van der Waals surface area contributed by atoms with E-state index in [4.69, 9.17) is 0 Å². The number of fused-ring (bicyclic) bond motifs is 1. The Labute approximate surface area is 168 Å². The second-order valence-corrected chi connectivity index (χ2v) is 9.77. The molecule has 0 atom stereocenters. The number of rotatable bonds is 5.